The summed E-state index contributed by atoms with van der Waals surface area (Å²) < 4.78 is 6.30. The van der Waals surface area contributed by atoms with Crippen LogP contribution in [0.2, 0.25) is 0 Å². The molecule has 0 saturated heterocycles. The van der Waals surface area contributed by atoms with Crippen molar-refractivity contribution >= 4 is 11.3 Å². The molecule has 2 heterocycles. The van der Waals surface area contributed by atoms with Crippen molar-refractivity contribution in [2.24, 2.45) is 4.99 Å². The topological polar surface area (TPSA) is 57.1 Å². The van der Waals surface area contributed by atoms with Gasteiger partial charge in [0.2, 0.25) is 0 Å². The first-order valence-electron chi connectivity index (χ1n) is 11.6. The first-order valence-corrected chi connectivity index (χ1v) is 11.6. The van der Waals surface area contributed by atoms with Crippen molar-refractivity contribution in [2.45, 2.75) is 51.4 Å². The molecular weight excluding hydrogens is 410 g/mol. The Bertz CT molecular complexity index is 1150. The highest BCUT2D eigenvalue weighted by Gasteiger charge is 2.44. The van der Waals surface area contributed by atoms with Crippen molar-refractivity contribution in [2.75, 3.05) is 6.54 Å². The van der Waals surface area contributed by atoms with Gasteiger partial charge in [0, 0.05) is 29.8 Å². The van der Waals surface area contributed by atoms with Crippen LogP contribution in [0.3, 0.4) is 0 Å². The molecule has 3 aliphatic rings. The number of aliphatic hydroxyl groups is 1. The molecule has 5 heteroatoms. The van der Waals surface area contributed by atoms with Crippen LogP contribution in [-0.2, 0) is 11.2 Å². The van der Waals surface area contributed by atoms with Gasteiger partial charge in [-0.1, -0.05) is 60.7 Å². The van der Waals surface area contributed by atoms with Crippen molar-refractivity contribution in [1.29, 1.82) is 0 Å². The summed E-state index contributed by atoms with van der Waals surface area (Å²) in [5, 5.41) is 13.1. The Morgan fingerprint density at radius 2 is 1.79 bits per heavy atom. The number of allylic oxidation sites excluding steroid dienone is 4. The lowest BCUT2D eigenvalue weighted by molar-refractivity contribution is -0.0832. The van der Waals surface area contributed by atoms with Crippen LogP contribution in [0.1, 0.15) is 38.3 Å². The molecule has 170 valence electrons. The lowest BCUT2D eigenvalue weighted by Gasteiger charge is -2.47. The Balaban J connectivity index is 1.42. The largest absolute Gasteiger partial charge is 0.461 e. The predicted octanol–water partition coefficient (Wildman–Crippen LogP) is 4.63. The van der Waals surface area contributed by atoms with Gasteiger partial charge in [0.25, 0.3) is 0 Å². The van der Waals surface area contributed by atoms with Crippen LogP contribution in [0.4, 0.5) is 0 Å². The summed E-state index contributed by atoms with van der Waals surface area (Å²) in [5.41, 5.74) is 8.57. The fraction of sp³-hybridized carbons (Fsp3) is 0.321. The zero-order valence-corrected chi connectivity index (χ0v) is 19.5. The van der Waals surface area contributed by atoms with Crippen molar-refractivity contribution in [3.8, 4) is 0 Å². The van der Waals surface area contributed by atoms with Gasteiger partial charge < -0.3 is 9.84 Å². The van der Waals surface area contributed by atoms with Crippen LogP contribution in [0.25, 0.3) is 5.57 Å². The number of aliphatic imine (C=N–C) groups is 1. The molecule has 0 amide bonds. The predicted molar refractivity (Wildman–Crippen MR) is 132 cm³/mol. The second-order valence-electron chi connectivity index (χ2n) is 9.44. The molecule has 5 rings (SSSR count). The van der Waals surface area contributed by atoms with E-state index >= 15 is 0 Å². The zero-order valence-electron chi connectivity index (χ0n) is 19.5. The number of benzene rings is 2. The van der Waals surface area contributed by atoms with E-state index in [4.69, 9.17) is 9.73 Å². The van der Waals surface area contributed by atoms with Gasteiger partial charge in [-0.3, -0.25) is 10.4 Å². The normalized spacial score (nSPS) is 24.2. The minimum absolute atomic E-state index is 0.151. The van der Waals surface area contributed by atoms with Crippen molar-refractivity contribution < 1.29 is 9.84 Å². The van der Waals surface area contributed by atoms with Gasteiger partial charge in [-0.15, -0.1) is 0 Å². The quantitative estimate of drug-likeness (QED) is 0.710. The van der Waals surface area contributed by atoms with Crippen LogP contribution < -0.4 is 5.43 Å². The average Bonchev–Trinajstić information content (AvgIpc) is 2.81. The van der Waals surface area contributed by atoms with Gasteiger partial charge in [0.1, 0.15) is 17.7 Å². The van der Waals surface area contributed by atoms with Gasteiger partial charge in [-0.25, -0.2) is 5.01 Å². The van der Waals surface area contributed by atoms with E-state index < -0.39 is 11.8 Å². The number of ether oxygens (including phenoxy) is 1. The second-order valence-corrected chi connectivity index (χ2v) is 9.44. The van der Waals surface area contributed by atoms with Gasteiger partial charge >= 0.3 is 0 Å². The summed E-state index contributed by atoms with van der Waals surface area (Å²) in [6.07, 6.45) is 5.15. The van der Waals surface area contributed by atoms with E-state index in [0.29, 0.717) is 6.42 Å². The summed E-state index contributed by atoms with van der Waals surface area (Å²) >= 11 is 0. The molecule has 1 aliphatic carbocycles. The monoisotopic (exact) mass is 441 g/mol. The Hall–Kier alpha value is -2.99. The molecular formula is C28H31N3O2. The molecule has 0 spiro atoms. The molecule has 2 aromatic rings. The third-order valence-corrected chi connectivity index (χ3v) is 6.56. The average molecular weight is 442 g/mol. The number of hydrogen-bond acceptors (Lipinski definition) is 5. The Kier molecular flexibility index (Phi) is 5.79. The molecule has 2 N–H and O–H groups in total. The van der Waals surface area contributed by atoms with E-state index in [1.807, 2.05) is 50.0 Å². The molecule has 2 atom stereocenters. The SMILES string of the molecule is CC1=C(c2ccccc2)C=C2CC3=NC(C)(C)[C@@H](O)N(NCCc4ccccc4)C3C=C2O1. The van der Waals surface area contributed by atoms with Crippen LogP contribution >= 0.6 is 0 Å². The highest BCUT2D eigenvalue weighted by Crippen LogP contribution is 2.39. The number of rotatable bonds is 5. The Labute approximate surface area is 195 Å². The maximum absolute atomic E-state index is 11.1. The minimum atomic E-state index is -0.746. The third-order valence-electron chi connectivity index (χ3n) is 6.56. The fourth-order valence-electron chi connectivity index (χ4n) is 4.78. The second kappa shape index (κ2) is 8.75. The first kappa shape index (κ1) is 21.8. The smallest absolute Gasteiger partial charge is 0.145 e. The lowest BCUT2D eigenvalue weighted by atomic mass is 9.86. The van der Waals surface area contributed by atoms with Crippen LogP contribution in [-0.4, -0.2) is 40.2 Å². The summed E-state index contributed by atoms with van der Waals surface area (Å²) in [6.45, 7) is 6.70. The van der Waals surface area contributed by atoms with Crippen LogP contribution in [0.5, 0.6) is 0 Å². The van der Waals surface area contributed by atoms with Gasteiger partial charge in [-0.2, -0.15) is 0 Å². The molecule has 0 bridgehead atoms. The minimum Gasteiger partial charge on any atom is -0.461 e. The number of aliphatic hydroxyl groups excluding tert-OH is 1. The van der Waals surface area contributed by atoms with Gasteiger partial charge in [0.05, 0.1) is 11.6 Å². The Morgan fingerprint density at radius 1 is 1.09 bits per heavy atom. The van der Waals surface area contributed by atoms with Gasteiger partial charge in [0.15, 0.2) is 0 Å². The highest BCUT2D eigenvalue weighted by molar-refractivity contribution is 5.97. The number of nitrogens with one attached hydrogen (secondary N) is 1. The Morgan fingerprint density at radius 3 is 2.52 bits per heavy atom. The maximum Gasteiger partial charge on any atom is 0.145 e. The summed E-state index contributed by atoms with van der Waals surface area (Å²) in [4.78, 5) is 4.97. The molecule has 2 aliphatic heterocycles. The summed E-state index contributed by atoms with van der Waals surface area (Å²) in [5.74, 6) is 1.75. The third kappa shape index (κ3) is 4.32. The molecule has 2 aromatic carbocycles. The molecule has 0 aromatic heterocycles. The van der Waals surface area contributed by atoms with Crippen LogP contribution in [0, 0.1) is 0 Å². The summed E-state index contributed by atoms with van der Waals surface area (Å²) in [6, 6.07) is 20.6. The van der Waals surface area contributed by atoms with E-state index in [-0.39, 0.29) is 6.04 Å². The van der Waals surface area contributed by atoms with Crippen LogP contribution in [0.15, 0.2) is 94.9 Å². The summed E-state index contributed by atoms with van der Waals surface area (Å²) in [7, 11) is 0. The van der Waals surface area contributed by atoms with Crippen molar-refractivity contribution in [3.05, 3.63) is 101 Å². The van der Waals surface area contributed by atoms with Crippen molar-refractivity contribution in [3.63, 3.8) is 0 Å². The first-order chi connectivity index (χ1) is 15.9. The number of fused-ring (bicyclic) bond motifs is 2. The zero-order chi connectivity index (χ0) is 23.0. The molecule has 0 radical (unpaired) electrons. The maximum atomic E-state index is 11.1. The van der Waals surface area contributed by atoms with Crippen molar-refractivity contribution in [1.82, 2.24) is 10.4 Å². The lowest BCUT2D eigenvalue weighted by Crippen LogP contribution is -2.64. The number of nitrogens with zero attached hydrogens (tertiary/aromatic N) is 2. The van der Waals surface area contributed by atoms with E-state index in [9.17, 15) is 5.11 Å². The van der Waals surface area contributed by atoms with E-state index in [1.165, 1.54) is 5.56 Å². The number of hydrogen-bond donors (Lipinski definition) is 2. The van der Waals surface area contributed by atoms with E-state index in [1.54, 1.807) is 0 Å². The number of hydrazine groups is 1. The highest BCUT2D eigenvalue weighted by atomic mass is 16.5. The van der Waals surface area contributed by atoms with Gasteiger partial charge in [-0.05, 0) is 50.5 Å². The van der Waals surface area contributed by atoms with E-state index in [0.717, 1.165) is 46.9 Å². The molecule has 5 nitrogen and oxygen atoms in total. The molecule has 0 fully saturated rings. The molecule has 1 unspecified atom stereocenters. The van der Waals surface area contributed by atoms with E-state index in [2.05, 4.69) is 54.0 Å². The fourth-order valence-corrected chi connectivity index (χ4v) is 4.78. The molecule has 0 saturated carbocycles. The standard InChI is InChI=1S/C28H31N3O2/c1-19-23(21-12-8-5-9-13-21)16-22-17-24-25(18-26(22)33-19)31(27(32)28(2,3)30-24)29-15-14-20-10-6-4-7-11-20/h4-13,16,18,25,27,29,32H,14-15,17H2,1-3H3/t25?,27-/m1/s1. The molecule has 33 heavy (non-hydrogen) atoms.